The molecule has 0 saturated heterocycles. The Hall–Kier alpha value is -1.26. The first-order valence-corrected chi connectivity index (χ1v) is 6.55. The summed E-state index contributed by atoms with van der Waals surface area (Å²) in [5.41, 5.74) is 6.27. The van der Waals surface area contributed by atoms with Crippen molar-refractivity contribution in [3.05, 3.63) is 23.9 Å². The molecule has 0 bridgehead atoms. The molecule has 5 nitrogen and oxygen atoms in total. The molecule has 0 aromatic carbocycles. The second-order valence-electron chi connectivity index (χ2n) is 4.22. The molecule has 22 heavy (non-hydrogen) atoms. The SMILES string of the molecule is CCN(CC)C(N)=NCc1cccnc1OCC(F)(F)F.I. The molecule has 1 aromatic heterocycles. The Morgan fingerprint density at radius 3 is 2.55 bits per heavy atom. The average Bonchev–Trinajstić information content (AvgIpc) is 2.44. The second kappa shape index (κ2) is 9.70. The largest absolute Gasteiger partial charge is 0.468 e. The van der Waals surface area contributed by atoms with Crippen LogP contribution >= 0.6 is 24.0 Å². The zero-order valence-electron chi connectivity index (χ0n) is 12.4. The van der Waals surface area contributed by atoms with Crippen molar-refractivity contribution in [1.82, 2.24) is 9.88 Å². The summed E-state index contributed by atoms with van der Waals surface area (Å²) >= 11 is 0. The summed E-state index contributed by atoms with van der Waals surface area (Å²) in [4.78, 5) is 9.80. The van der Waals surface area contributed by atoms with Crippen LogP contribution in [-0.4, -0.2) is 41.7 Å². The van der Waals surface area contributed by atoms with Gasteiger partial charge in [0.05, 0.1) is 6.54 Å². The van der Waals surface area contributed by atoms with Gasteiger partial charge in [0.25, 0.3) is 0 Å². The zero-order valence-corrected chi connectivity index (χ0v) is 14.8. The molecule has 9 heteroatoms. The van der Waals surface area contributed by atoms with Gasteiger partial charge in [-0.1, -0.05) is 6.07 Å². The lowest BCUT2D eigenvalue weighted by molar-refractivity contribution is -0.154. The Labute approximate surface area is 144 Å². The van der Waals surface area contributed by atoms with Crippen molar-refractivity contribution < 1.29 is 17.9 Å². The average molecular weight is 432 g/mol. The van der Waals surface area contributed by atoms with E-state index < -0.39 is 12.8 Å². The maximum absolute atomic E-state index is 12.2. The number of guanidine groups is 1. The minimum absolute atomic E-state index is 0. The molecule has 0 atom stereocenters. The van der Waals surface area contributed by atoms with Gasteiger partial charge in [0.2, 0.25) is 5.88 Å². The van der Waals surface area contributed by atoms with E-state index in [1.165, 1.54) is 6.20 Å². The summed E-state index contributed by atoms with van der Waals surface area (Å²) in [6.07, 6.45) is -3.04. The van der Waals surface area contributed by atoms with Gasteiger partial charge in [-0.3, -0.25) is 0 Å². The van der Waals surface area contributed by atoms with Gasteiger partial charge in [0, 0.05) is 24.8 Å². The molecule has 1 heterocycles. The van der Waals surface area contributed by atoms with E-state index in [0.29, 0.717) is 24.6 Å². The van der Waals surface area contributed by atoms with Crippen molar-refractivity contribution in [3.63, 3.8) is 0 Å². The van der Waals surface area contributed by atoms with Crippen molar-refractivity contribution in [2.24, 2.45) is 10.7 Å². The van der Waals surface area contributed by atoms with E-state index in [1.807, 2.05) is 18.7 Å². The summed E-state index contributed by atoms with van der Waals surface area (Å²) < 4.78 is 41.2. The standard InChI is InChI=1S/C13H19F3N4O.HI/c1-3-20(4-2)12(17)19-8-10-6-5-7-18-11(10)21-9-13(14,15)16;/h5-7H,3-4,8-9H2,1-2H3,(H2,17,19);1H. The fraction of sp³-hybridized carbons (Fsp3) is 0.538. The molecular formula is C13H20F3IN4O. The number of halogens is 4. The summed E-state index contributed by atoms with van der Waals surface area (Å²) in [7, 11) is 0. The molecule has 0 unspecified atom stereocenters. The van der Waals surface area contributed by atoms with Crippen LogP contribution < -0.4 is 10.5 Å². The second-order valence-corrected chi connectivity index (χ2v) is 4.22. The quantitative estimate of drug-likeness (QED) is 0.427. The maximum Gasteiger partial charge on any atom is 0.422 e. The molecule has 2 N–H and O–H groups in total. The first kappa shape index (κ1) is 20.7. The van der Waals surface area contributed by atoms with E-state index in [0.717, 1.165) is 0 Å². The minimum atomic E-state index is -4.40. The molecule has 0 radical (unpaired) electrons. The first-order chi connectivity index (χ1) is 9.87. The van der Waals surface area contributed by atoms with E-state index in [9.17, 15) is 13.2 Å². The van der Waals surface area contributed by atoms with Crippen LogP contribution in [0, 0.1) is 0 Å². The topological polar surface area (TPSA) is 63.7 Å². The molecule has 1 aromatic rings. The molecule has 0 spiro atoms. The number of alkyl halides is 3. The zero-order chi connectivity index (χ0) is 15.9. The number of hydrogen-bond donors (Lipinski definition) is 1. The van der Waals surface area contributed by atoms with Gasteiger partial charge in [0.1, 0.15) is 0 Å². The molecule has 126 valence electrons. The Morgan fingerprint density at radius 1 is 1.36 bits per heavy atom. The minimum Gasteiger partial charge on any atom is -0.468 e. The number of pyridine rings is 1. The number of nitrogens with two attached hydrogens (primary N) is 1. The lowest BCUT2D eigenvalue weighted by Gasteiger charge is -2.19. The highest BCUT2D eigenvalue weighted by Gasteiger charge is 2.29. The van der Waals surface area contributed by atoms with Gasteiger partial charge in [0.15, 0.2) is 12.6 Å². The normalized spacial score (nSPS) is 11.8. The fourth-order valence-corrected chi connectivity index (χ4v) is 1.64. The fourth-order valence-electron chi connectivity index (χ4n) is 1.64. The summed E-state index contributed by atoms with van der Waals surface area (Å²) in [5, 5.41) is 0. The first-order valence-electron chi connectivity index (χ1n) is 6.55. The van der Waals surface area contributed by atoms with Crippen molar-refractivity contribution in [1.29, 1.82) is 0 Å². The van der Waals surface area contributed by atoms with E-state index >= 15 is 0 Å². The highest BCUT2D eigenvalue weighted by molar-refractivity contribution is 14.0. The highest BCUT2D eigenvalue weighted by Crippen LogP contribution is 2.20. The molecule has 0 saturated carbocycles. The van der Waals surface area contributed by atoms with Crippen molar-refractivity contribution >= 4 is 29.9 Å². The summed E-state index contributed by atoms with van der Waals surface area (Å²) in [6, 6.07) is 3.22. The maximum atomic E-state index is 12.2. The monoisotopic (exact) mass is 432 g/mol. The molecule has 0 amide bonds. The summed E-state index contributed by atoms with van der Waals surface area (Å²) in [6.45, 7) is 4.02. The van der Waals surface area contributed by atoms with E-state index in [-0.39, 0.29) is 36.4 Å². The number of hydrogen-bond acceptors (Lipinski definition) is 3. The number of nitrogens with zero attached hydrogens (tertiary/aromatic N) is 3. The van der Waals surface area contributed by atoms with Gasteiger partial charge in [-0.25, -0.2) is 9.98 Å². The van der Waals surface area contributed by atoms with Crippen LogP contribution in [0.3, 0.4) is 0 Å². The van der Waals surface area contributed by atoms with Crippen LogP contribution in [0.5, 0.6) is 5.88 Å². The smallest absolute Gasteiger partial charge is 0.422 e. The molecule has 0 aliphatic heterocycles. The Kier molecular flexibility index (Phi) is 9.14. The van der Waals surface area contributed by atoms with Gasteiger partial charge in [-0.05, 0) is 19.9 Å². The van der Waals surface area contributed by atoms with Crippen molar-refractivity contribution in [3.8, 4) is 5.88 Å². The van der Waals surface area contributed by atoms with Gasteiger partial charge < -0.3 is 15.4 Å². The lowest BCUT2D eigenvalue weighted by Crippen LogP contribution is -2.37. The van der Waals surface area contributed by atoms with Crippen LogP contribution in [0.2, 0.25) is 0 Å². The predicted octanol–water partition coefficient (Wildman–Crippen LogP) is 2.80. The van der Waals surface area contributed by atoms with Gasteiger partial charge >= 0.3 is 6.18 Å². The Morgan fingerprint density at radius 2 is 2.00 bits per heavy atom. The van der Waals surface area contributed by atoms with E-state index in [4.69, 9.17) is 5.73 Å². The molecule has 0 aliphatic carbocycles. The number of ether oxygens (including phenoxy) is 1. The number of rotatable bonds is 6. The third-order valence-corrected chi connectivity index (χ3v) is 2.72. The van der Waals surface area contributed by atoms with Crippen molar-refractivity contribution in [2.75, 3.05) is 19.7 Å². The Balaban J connectivity index is 0.00000441. The van der Waals surface area contributed by atoms with Crippen LogP contribution in [0.25, 0.3) is 0 Å². The van der Waals surface area contributed by atoms with E-state index in [2.05, 4.69) is 14.7 Å². The molecule has 0 fully saturated rings. The van der Waals surface area contributed by atoms with Gasteiger partial charge in [-0.15, -0.1) is 24.0 Å². The van der Waals surface area contributed by atoms with Crippen LogP contribution in [0.15, 0.2) is 23.3 Å². The Bertz CT molecular complexity index is 479. The van der Waals surface area contributed by atoms with Gasteiger partial charge in [-0.2, -0.15) is 13.2 Å². The predicted molar refractivity (Wildman–Crippen MR) is 89.4 cm³/mol. The van der Waals surface area contributed by atoms with Crippen LogP contribution in [0.1, 0.15) is 19.4 Å². The third kappa shape index (κ3) is 7.14. The molecule has 0 aliphatic rings. The number of aliphatic imine (C=N–C) groups is 1. The van der Waals surface area contributed by atoms with Crippen LogP contribution in [-0.2, 0) is 6.54 Å². The van der Waals surface area contributed by atoms with E-state index in [1.54, 1.807) is 12.1 Å². The van der Waals surface area contributed by atoms with Crippen molar-refractivity contribution in [2.45, 2.75) is 26.6 Å². The molecule has 1 rings (SSSR count). The highest BCUT2D eigenvalue weighted by atomic mass is 127. The summed E-state index contributed by atoms with van der Waals surface area (Å²) in [5.74, 6) is 0.261. The third-order valence-electron chi connectivity index (χ3n) is 2.72. The molecular weight excluding hydrogens is 412 g/mol. The lowest BCUT2D eigenvalue weighted by atomic mass is 10.3. The van der Waals surface area contributed by atoms with Crippen LogP contribution in [0.4, 0.5) is 13.2 Å². The number of aromatic nitrogens is 1.